The lowest BCUT2D eigenvalue weighted by atomic mass is 9.99. The van der Waals surface area contributed by atoms with Gasteiger partial charge in [0.2, 0.25) is 0 Å². The van der Waals surface area contributed by atoms with Gasteiger partial charge in [-0.25, -0.2) is 0 Å². The minimum absolute atomic E-state index is 0.886. The summed E-state index contributed by atoms with van der Waals surface area (Å²) in [5.41, 5.74) is 5.09. The Kier molecular flexibility index (Phi) is 4.15. The van der Waals surface area contributed by atoms with Gasteiger partial charge in [0.25, 0.3) is 0 Å². The second-order valence-electron chi connectivity index (χ2n) is 4.60. The first-order valence-electron chi connectivity index (χ1n) is 6.51. The lowest BCUT2D eigenvalue weighted by Crippen LogP contribution is -2.06. The fraction of sp³-hybridized carbons (Fsp3) is 0.400. The Morgan fingerprint density at radius 3 is 2.72 bits per heavy atom. The van der Waals surface area contributed by atoms with Gasteiger partial charge in [-0.2, -0.15) is 5.10 Å². The van der Waals surface area contributed by atoms with Crippen molar-refractivity contribution in [3.8, 4) is 11.1 Å². The molecule has 96 valence electrons. The smallest absolute Gasteiger partial charge is 0.0702 e. The second-order valence-corrected chi connectivity index (χ2v) is 4.60. The van der Waals surface area contributed by atoms with Crippen LogP contribution in [0.4, 0.5) is 0 Å². The van der Waals surface area contributed by atoms with Crippen molar-refractivity contribution in [3.05, 3.63) is 41.7 Å². The summed E-state index contributed by atoms with van der Waals surface area (Å²) in [6, 6.07) is 8.54. The Labute approximate surface area is 109 Å². The molecule has 1 N–H and O–H groups in total. The van der Waals surface area contributed by atoms with Gasteiger partial charge in [-0.05, 0) is 24.6 Å². The van der Waals surface area contributed by atoms with Crippen molar-refractivity contribution in [3.63, 3.8) is 0 Å². The highest BCUT2D eigenvalue weighted by Gasteiger charge is 2.12. The molecule has 0 saturated carbocycles. The zero-order valence-corrected chi connectivity index (χ0v) is 11.4. The third-order valence-electron chi connectivity index (χ3n) is 3.07. The molecule has 0 spiro atoms. The van der Waals surface area contributed by atoms with Crippen molar-refractivity contribution in [1.82, 2.24) is 15.1 Å². The topological polar surface area (TPSA) is 29.9 Å². The molecule has 0 bridgehead atoms. The maximum Gasteiger partial charge on any atom is 0.0702 e. The molecule has 0 radical (unpaired) electrons. The van der Waals surface area contributed by atoms with Crippen LogP contribution in [0.25, 0.3) is 11.1 Å². The third kappa shape index (κ3) is 2.62. The van der Waals surface area contributed by atoms with Crippen molar-refractivity contribution >= 4 is 0 Å². The molecule has 0 aliphatic carbocycles. The fourth-order valence-electron chi connectivity index (χ4n) is 2.31. The van der Waals surface area contributed by atoms with E-state index in [9.17, 15) is 0 Å². The van der Waals surface area contributed by atoms with Crippen LogP contribution in [0.3, 0.4) is 0 Å². The van der Waals surface area contributed by atoms with Crippen LogP contribution in [-0.2, 0) is 20.0 Å². The number of nitrogens with zero attached hydrogens (tertiary/aromatic N) is 2. The van der Waals surface area contributed by atoms with E-state index in [0.29, 0.717) is 0 Å². The van der Waals surface area contributed by atoms with E-state index in [4.69, 9.17) is 0 Å². The van der Waals surface area contributed by atoms with Gasteiger partial charge in [0.15, 0.2) is 0 Å². The van der Waals surface area contributed by atoms with E-state index in [1.54, 1.807) is 0 Å². The van der Waals surface area contributed by atoms with Gasteiger partial charge in [-0.15, -0.1) is 0 Å². The summed E-state index contributed by atoms with van der Waals surface area (Å²) in [6.45, 7) is 3.08. The van der Waals surface area contributed by atoms with Crippen LogP contribution in [0.1, 0.15) is 24.6 Å². The van der Waals surface area contributed by atoms with Gasteiger partial charge >= 0.3 is 0 Å². The van der Waals surface area contributed by atoms with Gasteiger partial charge in [-0.1, -0.05) is 37.6 Å². The highest BCUT2D eigenvalue weighted by Crippen LogP contribution is 2.27. The minimum Gasteiger partial charge on any atom is -0.316 e. The minimum atomic E-state index is 0.886. The quantitative estimate of drug-likeness (QED) is 0.875. The van der Waals surface area contributed by atoms with E-state index in [0.717, 1.165) is 19.4 Å². The summed E-state index contributed by atoms with van der Waals surface area (Å²) < 4.78 is 1.91. The van der Waals surface area contributed by atoms with Crippen LogP contribution < -0.4 is 5.32 Å². The number of benzene rings is 1. The summed E-state index contributed by atoms with van der Waals surface area (Å²) >= 11 is 0. The molecule has 0 aliphatic rings. The van der Waals surface area contributed by atoms with Crippen molar-refractivity contribution in [2.24, 2.45) is 7.05 Å². The highest BCUT2D eigenvalue weighted by atomic mass is 15.2. The van der Waals surface area contributed by atoms with E-state index in [2.05, 4.69) is 47.8 Å². The van der Waals surface area contributed by atoms with Gasteiger partial charge < -0.3 is 5.32 Å². The molecule has 0 fully saturated rings. The van der Waals surface area contributed by atoms with Crippen LogP contribution >= 0.6 is 0 Å². The Morgan fingerprint density at radius 1 is 1.22 bits per heavy atom. The maximum absolute atomic E-state index is 4.57. The zero-order chi connectivity index (χ0) is 13.0. The number of rotatable bonds is 5. The number of hydrogen-bond acceptors (Lipinski definition) is 2. The molecular formula is C15H21N3. The molecular weight excluding hydrogens is 222 g/mol. The average molecular weight is 243 g/mol. The lowest BCUT2D eigenvalue weighted by molar-refractivity contribution is 0.733. The van der Waals surface area contributed by atoms with Crippen LogP contribution in [0.5, 0.6) is 0 Å². The normalized spacial score (nSPS) is 10.8. The first kappa shape index (κ1) is 12.8. The summed E-state index contributed by atoms with van der Waals surface area (Å²) in [7, 11) is 3.97. The highest BCUT2D eigenvalue weighted by molar-refractivity contribution is 5.69. The van der Waals surface area contributed by atoms with Crippen LogP contribution in [-0.4, -0.2) is 16.8 Å². The Bertz CT molecular complexity index is 514. The number of nitrogens with one attached hydrogen (secondary N) is 1. The lowest BCUT2D eigenvalue weighted by Gasteiger charge is -2.08. The molecule has 3 nitrogen and oxygen atoms in total. The molecule has 2 rings (SSSR count). The van der Waals surface area contributed by atoms with Gasteiger partial charge in [0, 0.05) is 25.4 Å². The van der Waals surface area contributed by atoms with E-state index in [-0.39, 0.29) is 0 Å². The largest absolute Gasteiger partial charge is 0.316 e. The molecule has 0 amide bonds. The Balaban J connectivity index is 2.47. The zero-order valence-electron chi connectivity index (χ0n) is 11.4. The van der Waals surface area contributed by atoms with E-state index in [1.165, 1.54) is 22.4 Å². The van der Waals surface area contributed by atoms with Gasteiger partial charge in [0.05, 0.1) is 5.69 Å². The molecule has 0 unspecified atom stereocenters. The fourth-order valence-corrected chi connectivity index (χ4v) is 2.31. The SMILES string of the molecule is CCCc1nn(C)cc1-c1ccccc1CNC. The van der Waals surface area contributed by atoms with Crippen molar-refractivity contribution in [2.45, 2.75) is 26.3 Å². The molecule has 1 aromatic heterocycles. The first-order valence-corrected chi connectivity index (χ1v) is 6.51. The first-order chi connectivity index (χ1) is 8.76. The van der Waals surface area contributed by atoms with Crippen LogP contribution in [0.15, 0.2) is 30.5 Å². The molecule has 0 atom stereocenters. The molecule has 18 heavy (non-hydrogen) atoms. The summed E-state index contributed by atoms with van der Waals surface area (Å²) in [5, 5.41) is 7.80. The van der Waals surface area contributed by atoms with Crippen LogP contribution in [0, 0.1) is 0 Å². The predicted octanol–water partition coefficient (Wildman–Crippen LogP) is 2.76. The van der Waals surface area contributed by atoms with Gasteiger partial charge in [-0.3, -0.25) is 4.68 Å². The third-order valence-corrected chi connectivity index (χ3v) is 3.07. The summed E-state index contributed by atoms with van der Waals surface area (Å²) in [5.74, 6) is 0. The van der Waals surface area contributed by atoms with Crippen molar-refractivity contribution in [2.75, 3.05) is 7.05 Å². The number of aryl methyl sites for hydroxylation is 2. The molecule has 0 saturated heterocycles. The summed E-state index contributed by atoms with van der Waals surface area (Å²) in [4.78, 5) is 0. The van der Waals surface area contributed by atoms with Gasteiger partial charge in [0.1, 0.15) is 0 Å². The average Bonchev–Trinajstić information content (AvgIpc) is 2.72. The summed E-state index contributed by atoms with van der Waals surface area (Å²) in [6.07, 6.45) is 4.28. The standard InChI is InChI=1S/C15H21N3/c1-4-7-15-14(11-18(3)17-15)13-9-6-5-8-12(13)10-16-2/h5-6,8-9,11,16H,4,7,10H2,1-3H3. The second kappa shape index (κ2) is 5.83. The predicted molar refractivity (Wildman–Crippen MR) is 75.4 cm³/mol. The van der Waals surface area contributed by atoms with Crippen LogP contribution in [0.2, 0.25) is 0 Å². The molecule has 0 aliphatic heterocycles. The maximum atomic E-state index is 4.57. The van der Waals surface area contributed by atoms with E-state index >= 15 is 0 Å². The number of hydrogen-bond donors (Lipinski definition) is 1. The van der Waals surface area contributed by atoms with Crippen molar-refractivity contribution in [1.29, 1.82) is 0 Å². The monoisotopic (exact) mass is 243 g/mol. The Morgan fingerprint density at radius 2 is 2.00 bits per heavy atom. The number of aromatic nitrogens is 2. The Hall–Kier alpha value is -1.61. The van der Waals surface area contributed by atoms with E-state index < -0.39 is 0 Å². The molecule has 2 aromatic rings. The molecule has 3 heteroatoms. The van der Waals surface area contributed by atoms with E-state index in [1.807, 2.05) is 18.8 Å². The molecule has 1 heterocycles. The molecule has 1 aromatic carbocycles. The van der Waals surface area contributed by atoms with Crippen molar-refractivity contribution < 1.29 is 0 Å².